The SMILES string of the molecule is COc1cc(-c2ccc(Nc3cc(C#N)ccc3C(=O)O)c(OC)c2)ccc1Nc1cc(C#N)ccc1C(=O)O. The third-order valence-electron chi connectivity index (χ3n) is 6.03. The molecule has 0 aliphatic rings. The quantitative estimate of drug-likeness (QED) is 0.200. The van der Waals surface area contributed by atoms with Crippen LogP contribution in [0.4, 0.5) is 22.7 Å². The molecule has 0 aliphatic heterocycles. The maximum absolute atomic E-state index is 11.7. The van der Waals surface area contributed by atoms with Gasteiger partial charge < -0.3 is 30.3 Å². The molecule has 4 aromatic carbocycles. The predicted molar refractivity (Wildman–Crippen MR) is 148 cm³/mol. The van der Waals surface area contributed by atoms with E-state index in [1.165, 1.54) is 50.6 Å². The Bertz CT molecular complexity index is 1590. The van der Waals surface area contributed by atoms with Crippen molar-refractivity contribution in [3.05, 3.63) is 95.1 Å². The van der Waals surface area contributed by atoms with Crippen LogP contribution in [-0.4, -0.2) is 36.4 Å². The normalized spacial score (nSPS) is 10.1. The molecule has 0 aromatic heterocycles. The Morgan fingerprint density at radius 1 is 0.625 bits per heavy atom. The Hall–Kier alpha value is -6.00. The van der Waals surface area contributed by atoms with Crippen molar-refractivity contribution in [2.45, 2.75) is 0 Å². The minimum absolute atomic E-state index is 0.00400. The zero-order chi connectivity index (χ0) is 28.8. The van der Waals surface area contributed by atoms with Gasteiger partial charge in [-0.2, -0.15) is 10.5 Å². The Kier molecular flexibility index (Phi) is 7.84. The number of nitrogens with one attached hydrogen (secondary N) is 2. The van der Waals surface area contributed by atoms with Crippen molar-refractivity contribution >= 4 is 34.7 Å². The summed E-state index contributed by atoms with van der Waals surface area (Å²) in [6.07, 6.45) is 0. The average Bonchev–Trinajstić information content (AvgIpc) is 2.97. The molecule has 4 N–H and O–H groups in total. The number of rotatable bonds is 9. The zero-order valence-electron chi connectivity index (χ0n) is 21.4. The molecule has 4 rings (SSSR count). The van der Waals surface area contributed by atoms with E-state index in [1.807, 2.05) is 12.1 Å². The van der Waals surface area contributed by atoms with Crippen molar-refractivity contribution in [2.24, 2.45) is 0 Å². The van der Waals surface area contributed by atoms with E-state index in [0.717, 1.165) is 11.1 Å². The maximum Gasteiger partial charge on any atom is 0.337 e. The molecule has 0 fully saturated rings. The molecule has 4 aromatic rings. The molecule has 0 saturated carbocycles. The van der Waals surface area contributed by atoms with E-state index in [9.17, 15) is 30.3 Å². The highest BCUT2D eigenvalue weighted by molar-refractivity contribution is 5.97. The van der Waals surface area contributed by atoms with Crippen molar-refractivity contribution < 1.29 is 29.3 Å². The number of hydrogen-bond acceptors (Lipinski definition) is 8. The molecule has 0 heterocycles. The van der Waals surface area contributed by atoms with E-state index in [2.05, 4.69) is 10.6 Å². The molecule has 0 aliphatic carbocycles. The van der Waals surface area contributed by atoms with Gasteiger partial charge in [0.2, 0.25) is 0 Å². The molecular formula is C30H22N4O6. The zero-order valence-corrected chi connectivity index (χ0v) is 21.4. The monoisotopic (exact) mass is 534 g/mol. The molecule has 198 valence electrons. The number of carboxylic acids is 2. The molecule has 0 unspecified atom stereocenters. The largest absolute Gasteiger partial charge is 0.495 e. The van der Waals surface area contributed by atoms with Crippen LogP contribution in [0.5, 0.6) is 11.5 Å². The van der Waals surface area contributed by atoms with E-state index >= 15 is 0 Å². The first-order valence-corrected chi connectivity index (χ1v) is 11.7. The Labute approximate surface area is 229 Å². The molecule has 0 spiro atoms. The van der Waals surface area contributed by atoms with Crippen LogP contribution in [0, 0.1) is 22.7 Å². The second-order valence-corrected chi connectivity index (χ2v) is 8.43. The van der Waals surface area contributed by atoms with Crippen molar-refractivity contribution in [3.8, 4) is 34.8 Å². The number of methoxy groups -OCH3 is 2. The van der Waals surface area contributed by atoms with Crippen LogP contribution in [0.25, 0.3) is 11.1 Å². The van der Waals surface area contributed by atoms with Crippen molar-refractivity contribution in [1.29, 1.82) is 10.5 Å². The van der Waals surface area contributed by atoms with Crippen LogP contribution in [0.15, 0.2) is 72.8 Å². The average molecular weight is 535 g/mol. The lowest BCUT2D eigenvalue weighted by molar-refractivity contribution is 0.0687. The molecule has 0 bridgehead atoms. The summed E-state index contributed by atoms with van der Waals surface area (Å²) in [7, 11) is 2.97. The predicted octanol–water partition coefficient (Wildman–Crippen LogP) is 6.00. The Morgan fingerprint density at radius 2 is 1.02 bits per heavy atom. The van der Waals surface area contributed by atoms with E-state index in [4.69, 9.17) is 9.47 Å². The first-order valence-electron chi connectivity index (χ1n) is 11.7. The molecule has 0 amide bonds. The highest BCUT2D eigenvalue weighted by Crippen LogP contribution is 2.37. The minimum atomic E-state index is -1.14. The lowest BCUT2D eigenvalue weighted by atomic mass is 10.0. The van der Waals surface area contributed by atoms with Crippen LogP contribution in [0.3, 0.4) is 0 Å². The van der Waals surface area contributed by atoms with Gasteiger partial charge in [-0.05, 0) is 71.8 Å². The second-order valence-electron chi connectivity index (χ2n) is 8.43. The molecular weight excluding hydrogens is 512 g/mol. The summed E-state index contributed by atoms with van der Waals surface area (Å²) >= 11 is 0. The third-order valence-corrected chi connectivity index (χ3v) is 6.03. The highest BCUT2D eigenvalue weighted by atomic mass is 16.5. The lowest BCUT2D eigenvalue weighted by Gasteiger charge is -2.16. The molecule has 10 nitrogen and oxygen atoms in total. The van der Waals surface area contributed by atoms with Gasteiger partial charge in [0.1, 0.15) is 11.5 Å². The topological polar surface area (TPSA) is 165 Å². The molecule has 0 saturated heterocycles. The van der Waals surface area contributed by atoms with Crippen LogP contribution in [0.1, 0.15) is 31.8 Å². The number of anilines is 4. The second kappa shape index (κ2) is 11.6. The number of nitrogens with zero attached hydrogens (tertiary/aromatic N) is 2. The summed E-state index contributed by atoms with van der Waals surface area (Å²) in [4.78, 5) is 23.4. The van der Waals surface area contributed by atoms with Gasteiger partial charge in [0.25, 0.3) is 0 Å². The minimum Gasteiger partial charge on any atom is -0.495 e. The fourth-order valence-corrected chi connectivity index (χ4v) is 4.05. The number of benzene rings is 4. The van der Waals surface area contributed by atoms with Crippen molar-refractivity contribution in [3.63, 3.8) is 0 Å². The Balaban J connectivity index is 1.67. The highest BCUT2D eigenvalue weighted by Gasteiger charge is 2.16. The van der Waals surface area contributed by atoms with Crippen LogP contribution in [-0.2, 0) is 0 Å². The molecule has 0 atom stereocenters. The summed E-state index contributed by atoms with van der Waals surface area (Å²) in [6.45, 7) is 0. The van der Waals surface area contributed by atoms with E-state index in [1.54, 1.807) is 36.4 Å². The summed E-state index contributed by atoms with van der Waals surface area (Å²) in [6, 6.07) is 23.1. The van der Waals surface area contributed by atoms with Gasteiger partial charge in [-0.1, -0.05) is 12.1 Å². The Morgan fingerprint density at radius 3 is 1.35 bits per heavy atom. The van der Waals surface area contributed by atoms with Gasteiger partial charge in [0, 0.05) is 0 Å². The first-order chi connectivity index (χ1) is 19.3. The first kappa shape index (κ1) is 27.0. The number of hydrogen-bond donors (Lipinski definition) is 4. The maximum atomic E-state index is 11.7. The number of nitriles is 2. The summed E-state index contributed by atoms with van der Waals surface area (Å²) in [5, 5.41) is 43.6. The van der Waals surface area contributed by atoms with Crippen LogP contribution < -0.4 is 20.1 Å². The van der Waals surface area contributed by atoms with Gasteiger partial charge in [-0.15, -0.1) is 0 Å². The van der Waals surface area contributed by atoms with Gasteiger partial charge >= 0.3 is 11.9 Å². The van der Waals surface area contributed by atoms with Gasteiger partial charge in [0.05, 0.1) is 71.4 Å². The number of carbonyl (C=O) groups is 2. The lowest BCUT2D eigenvalue weighted by Crippen LogP contribution is -2.04. The fourth-order valence-electron chi connectivity index (χ4n) is 4.05. The molecule has 40 heavy (non-hydrogen) atoms. The third kappa shape index (κ3) is 5.62. The van der Waals surface area contributed by atoms with Gasteiger partial charge in [0.15, 0.2) is 0 Å². The van der Waals surface area contributed by atoms with Gasteiger partial charge in [-0.3, -0.25) is 0 Å². The molecule has 10 heteroatoms. The molecule has 0 radical (unpaired) electrons. The van der Waals surface area contributed by atoms with Crippen molar-refractivity contribution in [2.75, 3.05) is 24.9 Å². The van der Waals surface area contributed by atoms with E-state index < -0.39 is 11.9 Å². The standard InChI is InChI=1S/C30H22N4O6/c1-39-27-13-19(5-9-23(27)33-25-11-17(15-31)3-7-21(25)29(35)36)20-6-10-24(28(14-20)40-2)34-26-12-18(16-32)4-8-22(26)30(37)38/h3-14,33-34H,1-2H3,(H,35,36)(H,37,38). The van der Waals surface area contributed by atoms with Crippen LogP contribution in [0.2, 0.25) is 0 Å². The van der Waals surface area contributed by atoms with Crippen LogP contribution >= 0.6 is 0 Å². The smallest absolute Gasteiger partial charge is 0.337 e. The van der Waals surface area contributed by atoms with E-state index in [0.29, 0.717) is 34.0 Å². The number of carboxylic acid groups (broad SMARTS) is 2. The number of ether oxygens (including phenoxy) is 2. The fraction of sp³-hybridized carbons (Fsp3) is 0.0667. The van der Waals surface area contributed by atoms with Crippen molar-refractivity contribution in [1.82, 2.24) is 0 Å². The number of aromatic carboxylic acids is 2. The van der Waals surface area contributed by atoms with E-state index in [-0.39, 0.29) is 22.5 Å². The summed E-state index contributed by atoms with van der Waals surface area (Å²) < 4.78 is 11.1. The summed E-state index contributed by atoms with van der Waals surface area (Å²) in [5.74, 6) is -1.43. The summed E-state index contributed by atoms with van der Waals surface area (Å²) in [5.41, 5.74) is 3.61. The van der Waals surface area contributed by atoms with Gasteiger partial charge in [-0.25, -0.2) is 9.59 Å².